The van der Waals surface area contributed by atoms with Crippen LogP contribution in [0.4, 0.5) is 4.79 Å². The third-order valence-corrected chi connectivity index (χ3v) is 2.75. The average Bonchev–Trinajstić information content (AvgIpc) is 2.27. The number of nitrogens with zero attached hydrogens (tertiary/aromatic N) is 2. The van der Waals surface area contributed by atoms with Gasteiger partial charge in [-0.3, -0.25) is 9.69 Å². The molecule has 0 radical (unpaired) electrons. The maximum atomic E-state index is 11.8. The SMILES string of the molecule is CN1C(=O)N[C@@](C)(CC[N+](C)(C)C)C1=O. The minimum atomic E-state index is -0.725. The zero-order valence-corrected chi connectivity index (χ0v) is 10.1. The highest BCUT2D eigenvalue weighted by Crippen LogP contribution is 2.20. The molecule has 0 aromatic rings. The van der Waals surface area contributed by atoms with Crippen molar-refractivity contribution < 1.29 is 14.1 Å². The number of amides is 3. The fourth-order valence-corrected chi connectivity index (χ4v) is 1.56. The number of urea groups is 1. The highest BCUT2D eigenvalue weighted by atomic mass is 16.2. The topological polar surface area (TPSA) is 49.4 Å². The van der Waals surface area contributed by atoms with Crippen molar-refractivity contribution in [3.63, 3.8) is 0 Å². The van der Waals surface area contributed by atoms with Crippen molar-refractivity contribution in [1.29, 1.82) is 0 Å². The van der Waals surface area contributed by atoms with Gasteiger partial charge in [-0.15, -0.1) is 0 Å². The number of likely N-dealkylation sites (N-methyl/N-ethyl adjacent to an activating group) is 1. The summed E-state index contributed by atoms with van der Waals surface area (Å²) in [5.41, 5.74) is -0.725. The van der Waals surface area contributed by atoms with Gasteiger partial charge in [0.25, 0.3) is 5.91 Å². The molecule has 0 saturated carbocycles. The molecule has 15 heavy (non-hydrogen) atoms. The molecule has 3 amide bonds. The molecule has 0 bridgehead atoms. The van der Waals surface area contributed by atoms with Crippen LogP contribution >= 0.6 is 0 Å². The van der Waals surface area contributed by atoms with E-state index in [1.807, 2.05) is 0 Å². The molecule has 1 rings (SSSR count). The summed E-state index contributed by atoms with van der Waals surface area (Å²) >= 11 is 0. The van der Waals surface area contributed by atoms with Crippen molar-refractivity contribution in [3.05, 3.63) is 0 Å². The minimum Gasteiger partial charge on any atom is -0.331 e. The molecule has 1 heterocycles. The standard InChI is InChI=1S/C10H19N3O2/c1-10(6-7-13(3,4)5)8(14)12(2)9(15)11-10/h6-7H2,1-5H3/p+1/t10-/m0/s1. The predicted octanol–water partition coefficient (Wildman–Crippen LogP) is 0.0230. The van der Waals surface area contributed by atoms with E-state index < -0.39 is 5.54 Å². The number of imide groups is 1. The van der Waals surface area contributed by atoms with E-state index in [1.54, 1.807) is 6.92 Å². The third kappa shape index (κ3) is 2.47. The fourth-order valence-electron chi connectivity index (χ4n) is 1.56. The van der Waals surface area contributed by atoms with Crippen LogP contribution in [0.1, 0.15) is 13.3 Å². The highest BCUT2D eigenvalue weighted by Gasteiger charge is 2.46. The Balaban J connectivity index is 2.69. The van der Waals surface area contributed by atoms with Gasteiger partial charge in [-0.1, -0.05) is 0 Å². The molecule has 1 aliphatic rings. The van der Waals surface area contributed by atoms with Gasteiger partial charge in [0.1, 0.15) is 5.54 Å². The molecule has 1 saturated heterocycles. The minimum absolute atomic E-state index is 0.138. The Kier molecular flexibility index (Phi) is 2.78. The van der Waals surface area contributed by atoms with Gasteiger partial charge in [-0.05, 0) is 6.92 Å². The van der Waals surface area contributed by atoms with Gasteiger partial charge in [0.2, 0.25) is 0 Å². The summed E-state index contributed by atoms with van der Waals surface area (Å²) in [5, 5.41) is 2.73. The van der Waals surface area contributed by atoms with Gasteiger partial charge >= 0.3 is 6.03 Å². The number of rotatable bonds is 3. The van der Waals surface area contributed by atoms with Crippen LogP contribution in [0, 0.1) is 0 Å². The lowest BCUT2D eigenvalue weighted by Crippen LogP contribution is -2.48. The zero-order valence-electron chi connectivity index (χ0n) is 10.1. The summed E-state index contributed by atoms with van der Waals surface area (Å²) in [6.07, 6.45) is 0.658. The summed E-state index contributed by atoms with van der Waals surface area (Å²) in [4.78, 5) is 24.3. The van der Waals surface area contributed by atoms with Crippen LogP contribution in [-0.2, 0) is 4.79 Å². The molecule has 5 nitrogen and oxygen atoms in total. The Labute approximate surface area is 90.6 Å². The van der Waals surface area contributed by atoms with Gasteiger partial charge in [-0.25, -0.2) is 4.79 Å². The van der Waals surface area contributed by atoms with Gasteiger partial charge in [0.05, 0.1) is 27.7 Å². The summed E-state index contributed by atoms with van der Waals surface area (Å²) in [6, 6.07) is -0.302. The van der Waals surface area contributed by atoms with E-state index >= 15 is 0 Å². The second kappa shape index (κ2) is 3.48. The molecule has 5 heteroatoms. The molecule has 86 valence electrons. The molecule has 1 N–H and O–H groups in total. The molecule has 0 unspecified atom stereocenters. The Hall–Kier alpha value is -1.10. The number of carbonyl (C=O) groups is 2. The molecule has 0 aliphatic carbocycles. The van der Waals surface area contributed by atoms with Crippen LogP contribution in [0.15, 0.2) is 0 Å². The second-order valence-corrected chi connectivity index (χ2v) is 5.39. The molecular weight excluding hydrogens is 194 g/mol. The van der Waals surface area contributed by atoms with E-state index in [9.17, 15) is 9.59 Å². The van der Waals surface area contributed by atoms with E-state index in [0.717, 1.165) is 15.9 Å². The number of carbonyl (C=O) groups excluding carboxylic acids is 2. The first-order valence-corrected chi connectivity index (χ1v) is 5.06. The molecule has 0 spiro atoms. The smallest absolute Gasteiger partial charge is 0.324 e. The van der Waals surface area contributed by atoms with Crippen molar-refractivity contribution in [1.82, 2.24) is 10.2 Å². The van der Waals surface area contributed by atoms with Crippen LogP contribution in [-0.4, -0.2) is 61.6 Å². The lowest BCUT2D eigenvalue weighted by Gasteiger charge is -2.28. The predicted molar refractivity (Wildman–Crippen MR) is 57.2 cm³/mol. The van der Waals surface area contributed by atoms with Crippen molar-refractivity contribution in [2.24, 2.45) is 0 Å². The van der Waals surface area contributed by atoms with Gasteiger partial charge < -0.3 is 9.80 Å². The quantitative estimate of drug-likeness (QED) is 0.532. The van der Waals surface area contributed by atoms with Crippen molar-refractivity contribution in [2.75, 3.05) is 34.7 Å². The fraction of sp³-hybridized carbons (Fsp3) is 0.800. The first kappa shape index (κ1) is 12.0. The molecule has 0 aromatic carbocycles. The van der Waals surface area contributed by atoms with Gasteiger partial charge in [0, 0.05) is 13.5 Å². The van der Waals surface area contributed by atoms with E-state index in [0.29, 0.717) is 6.42 Å². The summed E-state index contributed by atoms with van der Waals surface area (Å²) in [5.74, 6) is -0.138. The lowest BCUT2D eigenvalue weighted by atomic mass is 9.97. The van der Waals surface area contributed by atoms with Crippen LogP contribution in [0.3, 0.4) is 0 Å². The van der Waals surface area contributed by atoms with E-state index in [4.69, 9.17) is 0 Å². The largest absolute Gasteiger partial charge is 0.331 e. The lowest BCUT2D eigenvalue weighted by molar-refractivity contribution is -0.870. The zero-order chi connectivity index (χ0) is 11.9. The van der Waals surface area contributed by atoms with Gasteiger partial charge in [0.15, 0.2) is 0 Å². The van der Waals surface area contributed by atoms with E-state index in [-0.39, 0.29) is 11.9 Å². The number of nitrogens with one attached hydrogen (secondary N) is 1. The Bertz CT molecular complexity index is 296. The first-order valence-electron chi connectivity index (χ1n) is 5.06. The first-order chi connectivity index (χ1) is 6.66. The number of hydrogen-bond acceptors (Lipinski definition) is 2. The summed E-state index contributed by atoms with van der Waals surface area (Å²) < 4.78 is 0.780. The van der Waals surface area contributed by atoms with Crippen LogP contribution in [0.2, 0.25) is 0 Å². The average molecular weight is 214 g/mol. The summed E-state index contributed by atoms with van der Waals surface area (Å²) in [7, 11) is 7.70. The van der Waals surface area contributed by atoms with Gasteiger partial charge in [-0.2, -0.15) is 0 Å². The Morgan fingerprint density at radius 1 is 1.33 bits per heavy atom. The maximum absolute atomic E-state index is 11.8. The van der Waals surface area contributed by atoms with E-state index in [2.05, 4.69) is 26.5 Å². The third-order valence-electron chi connectivity index (χ3n) is 2.75. The van der Waals surface area contributed by atoms with Crippen molar-refractivity contribution in [3.8, 4) is 0 Å². The highest BCUT2D eigenvalue weighted by molar-refractivity contribution is 6.06. The van der Waals surface area contributed by atoms with Crippen LogP contribution in [0.5, 0.6) is 0 Å². The molecule has 1 fully saturated rings. The monoisotopic (exact) mass is 214 g/mol. The van der Waals surface area contributed by atoms with Crippen molar-refractivity contribution >= 4 is 11.9 Å². The van der Waals surface area contributed by atoms with Crippen molar-refractivity contribution in [2.45, 2.75) is 18.9 Å². The number of quaternary nitrogens is 1. The normalized spacial score (nSPS) is 27.1. The van der Waals surface area contributed by atoms with E-state index in [1.165, 1.54) is 7.05 Å². The Morgan fingerprint density at radius 2 is 1.87 bits per heavy atom. The second-order valence-electron chi connectivity index (χ2n) is 5.39. The number of hydrogen-bond donors (Lipinski definition) is 1. The van der Waals surface area contributed by atoms with Crippen LogP contribution < -0.4 is 5.32 Å². The molecule has 1 atom stereocenters. The molecular formula is C10H20N3O2+. The Morgan fingerprint density at radius 3 is 2.20 bits per heavy atom. The summed E-state index contributed by atoms with van der Waals surface area (Å²) in [6.45, 7) is 2.63. The molecule has 1 aliphatic heterocycles. The van der Waals surface area contributed by atoms with Crippen LogP contribution in [0.25, 0.3) is 0 Å². The molecule has 0 aromatic heterocycles. The maximum Gasteiger partial charge on any atom is 0.324 e.